The van der Waals surface area contributed by atoms with E-state index < -0.39 is 5.92 Å². The molecule has 1 aliphatic rings. The fourth-order valence-corrected chi connectivity index (χ4v) is 2.48. The zero-order chi connectivity index (χ0) is 11.9. The van der Waals surface area contributed by atoms with Gasteiger partial charge in [0.25, 0.3) is 5.92 Å². The largest absolute Gasteiger partial charge is 0.398 e. The normalized spacial score (nSPS) is 19.1. The van der Waals surface area contributed by atoms with Gasteiger partial charge in [0.1, 0.15) is 0 Å². The second-order valence-electron chi connectivity index (χ2n) is 4.19. The number of halogens is 3. The van der Waals surface area contributed by atoms with Gasteiger partial charge in [0.05, 0.1) is 12.2 Å². The van der Waals surface area contributed by atoms with Crippen molar-refractivity contribution in [1.29, 1.82) is 0 Å². The lowest BCUT2D eigenvalue weighted by Gasteiger charge is -2.21. The summed E-state index contributed by atoms with van der Waals surface area (Å²) in [7, 11) is 0. The maximum absolute atomic E-state index is 13.1. The van der Waals surface area contributed by atoms with Crippen molar-refractivity contribution in [3.63, 3.8) is 0 Å². The van der Waals surface area contributed by atoms with Gasteiger partial charge in [-0.1, -0.05) is 0 Å². The molecule has 2 rings (SSSR count). The Morgan fingerprint density at radius 3 is 2.69 bits per heavy atom. The lowest BCUT2D eigenvalue weighted by Crippen LogP contribution is -2.25. The van der Waals surface area contributed by atoms with Crippen LogP contribution in [0.25, 0.3) is 0 Å². The van der Waals surface area contributed by atoms with Gasteiger partial charge in [-0.25, -0.2) is 8.78 Å². The highest BCUT2D eigenvalue weighted by Crippen LogP contribution is 2.36. The molecule has 2 nitrogen and oxygen atoms in total. The number of rotatable bonds is 1. The average molecular weight is 291 g/mol. The van der Waals surface area contributed by atoms with Crippen LogP contribution in [0.15, 0.2) is 16.6 Å². The van der Waals surface area contributed by atoms with Crippen LogP contribution >= 0.6 is 15.9 Å². The predicted octanol–water partition coefficient (Wildman–Crippen LogP) is 3.19. The minimum Gasteiger partial charge on any atom is -0.398 e. The molecule has 0 unspecified atom stereocenters. The molecule has 0 bridgehead atoms. The Labute approximate surface area is 102 Å². The second-order valence-corrected chi connectivity index (χ2v) is 5.04. The van der Waals surface area contributed by atoms with Gasteiger partial charge >= 0.3 is 0 Å². The van der Waals surface area contributed by atoms with E-state index in [1.807, 2.05) is 13.0 Å². The Morgan fingerprint density at radius 2 is 2.12 bits per heavy atom. The molecular weight excluding hydrogens is 278 g/mol. The number of nitrogens with zero attached hydrogens (tertiary/aromatic N) is 1. The lowest BCUT2D eigenvalue weighted by atomic mass is 10.1. The average Bonchev–Trinajstić information content (AvgIpc) is 2.52. The van der Waals surface area contributed by atoms with Crippen LogP contribution < -0.4 is 10.6 Å². The first-order chi connectivity index (χ1) is 7.39. The molecule has 1 saturated heterocycles. The minimum atomic E-state index is -2.57. The number of aryl methyl sites for hydroxylation is 1. The number of benzene rings is 1. The summed E-state index contributed by atoms with van der Waals surface area (Å²) in [5, 5.41) is 0. The van der Waals surface area contributed by atoms with Gasteiger partial charge in [-0.2, -0.15) is 0 Å². The molecule has 5 heteroatoms. The molecule has 1 aromatic carbocycles. The van der Waals surface area contributed by atoms with Gasteiger partial charge < -0.3 is 10.6 Å². The first kappa shape index (κ1) is 11.6. The first-order valence-corrected chi connectivity index (χ1v) is 5.87. The van der Waals surface area contributed by atoms with Gasteiger partial charge in [-0.05, 0) is 40.5 Å². The topological polar surface area (TPSA) is 29.3 Å². The van der Waals surface area contributed by atoms with E-state index in [2.05, 4.69) is 15.9 Å². The monoisotopic (exact) mass is 290 g/mol. The Hall–Kier alpha value is -0.840. The van der Waals surface area contributed by atoms with Crippen LogP contribution in [-0.2, 0) is 0 Å². The van der Waals surface area contributed by atoms with Crippen LogP contribution in [0.4, 0.5) is 20.2 Å². The van der Waals surface area contributed by atoms with Gasteiger partial charge in [0, 0.05) is 23.1 Å². The predicted molar refractivity (Wildman–Crippen MR) is 65.1 cm³/mol. The quantitative estimate of drug-likeness (QED) is 0.805. The smallest absolute Gasteiger partial charge is 0.266 e. The molecule has 0 radical (unpaired) electrons. The van der Waals surface area contributed by atoms with E-state index in [9.17, 15) is 8.78 Å². The molecule has 0 spiro atoms. The van der Waals surface area contributed by atoms with Crippen molar-refractivity contribution in [2.75, 3.05) is 23.7 Å². The standard InChI is InChI=1S/C11H13BrF2N2/c1-7-4-10(8(12)5-9(7)15)16-3-2-11(13,14)6-16/h4-5H,2-3,6,15H2,1H3. The molecule has 1 aliphatic heterocycles. The maximum atomic E-state index is 13.1. The van der Waals surface area contributed by atoms with Crippen molar-refractivity contribution in [2.45, 2.75) is 19.3 Å². The molecular formula is C11H13BrF2N2. The van der Waals surface area contributed by atoms with Gasteiger partial charge in [0.15, 0.2) is 0 Å². The summed E-state index contributed by atoms with van der Waals surface area (Å²) in [4.78, 5) is 1.69. The number of anilines is 2. The molecule has 1 aromatic rings. The van der Waals surface area contributed by atoms with E-state index in [0.717, 1.165) is 15.7 Å². The molecule has 1 heterocycles. The number of nitrogen functional groups attached to an aromatic ring is 1. The van der Waals surface area contributed by atoms with Crippen molar-refractivity contribution in [3.8, 4) is 0 Å². The summed E-state index contributed by atoms with van der Waals surface area (Å²) < 4.78 is 27.0. The number of hydrogen-bond donors (Lipinski definition) is 1. The van der Waals surface area contributed by atoms with Crippen LogP contribution in [0, 0.1) is 6.92 Å². The Morgan fingerprint density at radius 1 is 1.44 bits per heavy atom. The van der Waals surface area contributed by atoms with Crippen LogP contribution in [-0.4, -0.2) is 19.0 Å². The van der Waals surface area contributed by atoms with Crippen molar-refractivity contribution in [3.05, 3.63) is 22.2 Å². The zero-order valence-corrected chi connectivity index (χ0v) is 10.5. The molecule has 0 atom stereocenters. The third-order valence-electron chi connectivity index (χ3n) is 2.85. The number of nitrogens with two attached hydrogens (primary N) is 1. The summed E-state index contributed by atoms with van der Waals surface area (Å²) in [5.74, 6) is -2.57. The van der Waals surface area contributed by atoms with Crippen molar-refractivity contribution in [1.82, 2.24) is 0 Å². The minimum absolute atomic E-state index is 0.0805. The molecule has 2 N–H and O–H groups in total. The summed E-state index contributed by atoms with van der Waals surface area (Å²) >= 11 is 3.36. The first-order valence-electron chi connectivity index (χ1n) is 5.07. The summed E-state index contributed by atoms with van der Waals surface area (Å²) in [6.07, 6.45) is -0.0805. The fourth-order valence-electron chi connectivity index (χ4n) is 1.87. The fraction of sp³-hybridized carbons (Fsp3) is 0.455. The van der Waals surface area contributed by atoms with Crippen LogP contribution in [0.3, 0.4) is 0 Å². The van der Waals surface area contributed by atoms with E-state index in [1.54, 1.807) is 11.0 Å². The van der Waals surface area contributed by atoms with E-state index in [1.165, 1.54) is 0 Å². The molecule has 88 valence electrons. The Balaban J connectivity index is 2.32. The maximum Gasteiger partial charge on any atom is 0.266 e. The second kappa shape index (κ2) is 3.87. The number of hydrogen-bond acceptors (Lipinski definition) is 2. The molecule has 0 amide bonds. The highest BCUT2D eigenvalue weighted by molar-refractivity contribution is 9.10. The summed E-state index contributed by atoms with van der Waals surface area (Å²) in [6.45, 7) is 2.05. The lowest BCUT2D eigenvalue weighted by molar-refractivity contribution is 0.0257. The van der Waals surface area contributed by atoms with E-state index >= 15 is 0 Å². The van der Waals surface area contributed by atoms with E-state index in [-0.39, 0.29) is 13.0 Å². The Kier molecular flexibility index (Phi) is 2.82. The molecule has 0 aliphatic carbocycles. The molecule has 1 fully saturated rings. The van der Waals surface area contributed by atoms with Gasteiger partial charge in [-0.15, -0.1) is 0 Å². The Bertz CT molecular complexity index is 421. The van der Waals surface area contributed by atoms with Gasteiger partial charge in [0.2, 0.25) is 0 Å². The highest BCUT2D eigenvalue weighted by Gasteiger charge is 2.38. The third kappa shape index (κ3) is 2.14. The zero-order valence-electron chi connectivity index (χ0n) is 8.93. The van der Waals surface area contributed by atoms with Crippen molar-refractivity contribution < 1.29 is 8.78 Å². The third-order valence-corrected chi connectivity index (χ3v) is 3.48. The van der Waals surface area contributed by atoms with Crippen LogP contribution in [0.1, 0.15) is 12.0 Å². The summed E-state index contributed by atoms with van der Waals surface area (Å²) in [6, 6.07) is 3.61. The van der Waals surface area contributed by atoms with Crippen LogP contribution in [0.2, 0.25) is 0 Å². The van der Waals surface area contributed by atoms with E-state index in [0.29, 0.717) is 12.2 Å². The van der Waals surface area contributed by atoms with Gasteiger partial charge in [-0.3, -0.25) is 0 Å². The van der Waals surface area contributed by atoms with Crippen molar-refractivity contribution in [2.24, 2.45) is 0 Å². The molecule has 16 heavy (non-hydrogen) atoms. The molecule has 0 saturated carbocycles. The van der Waals surface area contributed by atoms with E-state index in [4.69, 9.17) is 5.73 Å². The highest BCUT2D eigenvalue weighted by atomic mass is 79.9. The molecule has 0 aromatic heterocycles. The van der Waals surface area contributed by atoms with Crippen LogP contribution in [0.5, 0.6) is 0 Å². The number of alkyl halides is 2. The summed E-state index contributed by atoms with van der Waals surface area (Å²) in [5.41, 5.74) is 8.12. The SMILES string of the molecule is Cc1cc(N2CCC(F)(F)C2)c(Br)cc1N. The van der Waals surface area contributed by atoms with Crippen molar-refractivity contribution >= 4 is 27.3 Å².